The molecule has 0 saturated heterocycles. The third-order valence-electron chi connectivity index (χ3n) is 10.7. The summed E-state index contributed by atoms with van der Waals surface area (Å²) in [5.41, 5.74) is 9.89. The molecule has 1 amide bonds. The zero-order valence-electron chi connectivity index (χ0n) is 32.0. The average molecular weight is 928 g/mol. The molecule has 17 heteroatoms. The quantitative estimate of drug-likeness (QED) is 0.165. The van der Waals surface area contributed by atoms with Crippen molar-refractivity contribution >= 4 is 57.1 Å². The van der Waals surface area contributed by atoms with E-state index in [0.717, 1.165) is 26.9 Å². The third kappa shape index (κ3) is 7.51. The number of pyridine rings is 3. The Hall–Kier alpha value is -6.16. The van der Waals surface area contributed by atoms with Crippen LogP contribution in [0.3, 0.4) is 0 Å². The maximum absolute atomic E-state index is 14.7. The second-order valence-electron chi connectivity index (χ2n) is 14.4. The number of ether oxygens (including phenoxy) is 4. The Morgan fingerprint density at radius 1 is 0.787 bits per heavy atom. The van der Waals surface area contributed by atoms with E-state index in [2.05, 4.69) is 41.2 Å². The molecule has 0 aliphatic carbocycles. The lowest BCUT2D eigenvalue weighted by Gasteiger charge is -2.39. The molecule has 0 radical (unpaired) electrons. The summed E-state index contributed by atoms with van der Waals surface area (Å²) in [5.74, 6) is -1.05. The average Bonchev–Trinajstić information content (AvgIpc) is 3.24. The Morgan fingerprint density at radius 3 is 2.07 bits per heavy atom. The lowest BCUT2D eigenvalue weighted by molar-refractivity contribution is 0.0959. The van der Waals surface area contributed by atoms with E-state index < -0.39 is 23.0 Å². The predicted molar refractivity (Wildman–Crippen MR) is 227 cm³/mol. The molecule has 7 heterocycles. The number of amidine groups is 2. The van der Waals surface area contributed by atoms with Gasteiger partial charge in [0.05, 0.1) is 13.2 Å². The molecule has 0 saturated carbocycles. The first-order valence-electron chi connectivity index (χ1n) is 18.9. The molecule has 0 unspecified atom stereocenters. The number of hydrogen-bond donors (Lipinski definition) is 2. The van der Waals surface area contributed by atoms with Crippen LogP contribution in [0, 0.1) is 18.8 Å². The Morgan fingerprint density at radius 2 is 1.41 bits per heavy atom. The van der Waals surface area contributed by atoms with Gasteiger partial charge in [-0.3, -0.25) is 15.1 Å². The van der Waals surface area contributed by atoms with Gasteiger partial charge in [0.25, 0.3) is 29.8 Å². The standard InChI is InChI=1S/C22H14BrClFN3O3.C22H18ClFN4O2/c23-13-6-7-16-14(10-13)22(15-11-17(24)26-19(25)18(15)31-16)8-9-30-21(28-22)27-20(29)12-4-2-1-3-5-12;1-12-3-2-7-26-16(12)10-13-4-5-17-14(9-13)22(6-8-29-21(25)28-22)15-11-18(23)27-20(24)19(15)30-17/h1-7,10-11H,8-9H2,(H,27,28,29);2-5,7,9,11H,6,8,10H2,1H3,(H2,25,28)/t2*22-/m00/s1. The normalized spacial score (nSPS) is 19.1. The van der Waals surface area contributed by atoms with E-state index in [0.29, 0.717) is 59.6 Å². The Labute approximate surface area is 365 Å². The van der Waals surface area contributed by atoms with Crippen molar-refractivity contribution < 1.29 is 32.5 Å². The minimum Gasteiger partial charge on any atom is -0.465 e. The first-order valence-corrected chi connectivity index (χ1v) is 20.5. The SMILES string of the molecule is Cc1cccnc1Cc1ccc2c(c1)[C@@]1(CCOC(N)=N1)c1cc(Cl)nc(F)c1O2.O=C(NC1=N[C@@]2(CCO1)c1cc(Br)ccc1Oc1c2cc(Cl)nc1F)c1ccccc1. The molecule has 3 aromatic carbocycles. The summed E-state index contributed by atoms with van der Waals surface area (Å²) in [4.78, 5) is 33.9. The summed E-state index contributed by atoms with van der Waals surface area (Å²) >= 11 is 15.6. The lowest BCUT2D eigenvalue weighted by Crippen LogP contribution is -2.42. The first kappa shape index (κ1) is 40.3. The molecular weight excluding hydrogens is 895 g/mol. The van der Waals surface area contributed by atoms with Crippen LogP contribution < -0.4 is 20.5 Å². The molecule has 308 valence electrons. The number of nitrogens with zero attached hydrogens (tertiary/aromatic N) is 5. The second kappa shape index (κ2) is 16.0. The van der Waals surface area contributed by atoms with Crippen LogP contribution in [-0.4, -0.2) is 46.1 Å². The van der Waals surface area contributed by atoms with Gasteiger partial charge in [-0.05, 0) is 78.7 Å². The Balaban J connectivity index is 0.000000156. The van der Waals surface area contributed by atoms with Crippen LogP contribution in [0.4, 0.5) is 8.78 Å². The number of hydrogen-bond acceptors (Lipinski definition) is 11. The highest BCUT2D eigenvalue weighted by Gasteiger charge is 2.48. The predicted octanol–water partition coefficient (Wildman–Crippen LogP) is 9.44. The topological polar surface area (TPSA) is 155 Å². The van der Waals surface area contributed by atoms with Crippen LogP contribution in [0.2, 0.25) is 10.3 Å². The number of carbonyl (C=O) groups is 1. The molecule has 4 aliphatic heterocycles. The van der Waals surface area contributed by atoms with Gasteiger partial charge >= 0.3 is 0 Å². The van der Waals surface area contributed by atoms with Gasteiger partial charge in [-0.1, -0.05) is 69.5 Å². The van der Waals surface area contributed by atoms with Crippen LogP contribution in [0.1, 0.15) is 62.3 Å². The van der Waals surface area contributed by atoms with Gasteiger partial charge < -0.3 is 24.7 Å². The fourth-order valence-corrected chi connectivity index (χ4v) is 8.64. The number of benzene rings is 3. The highest BCUT2D eigenvalue weighted by molar-refractivity contribution is 9.10. The number of carbonyl (C=O) groups excluding carboxylic acids is 1. The highest BCUT2D eigenvalue weighted by atomic mass is 79.9. The fraction of sp³-hybridized carbons (Fsp3) is 0.182. The number of aryl methyl sites for hydroxylation is 1. The molecule has 10 rings (SSSR count). The van der Waals surface area contributed by atoms with Crippen molar-refractivity contribution in [3.05, 3.63) is 169 Å². The zero-order valence-corrected chi connectivity index (χ0v) is 35.1. The van der Waals surface area contributed by atoms with E-state index in [9.17, 15) is 13.6 Å². The summed E-state index contributed by atoms with van der Waals surface area (Å²) in [6, 6.07) is 27.0. The second-order valence-corrected chi connectivity index (χ2v) is 16.1. The number of amides is 1. The van der Waals surface area contributed by atoms with E-state index >= 15 is 0 Å². The number of aliphatic imine (C=N–C) groups is 2. The number of nitrogens with two attached hydrogens (primary N) is 1. The molecule has 0 bridgehead atoms. The monoisotopic (exact) mass is 925 g/mol. The minimum atomic E-state index is -1.07. The summed E-state index contributed by atoms with van der Waals surface area (Å²) < 4.78 is 52.8. The molecular formula is C44H32BrCl2F2N7O5. The number of rotatable bonds is 3. The number of aromatic nitrogens is 3. The van der Waals surface area contributed by atoms with Crippen LogP contribution in [0.15, 0.2) is 112 Å². The van der Waals surface area contributed by atoms with E-state index in [1.54, 1.807) is 48.7 Å². The molecule has 3 aromatic heterocycles. The molecule has 6 aromatic rings. The fourth-order valence-electron chi connectivity index (χ4n) is 7.91. The molecule has 2 spiro atoms. The van der Waals surface area contributed by atoms with Crippen molar-refractivity contribution in [2.24, 2.45) is 15.7 Å². The Bertz CT molecular complexity index is 2820. The van der Waals surface area contributed by atoms with Crippen molar-refractivity contribution in [1.82, 2.24) is 20.3 Å². The van der Waals surface area contributed by atoms with Gasteiger partial charge in [0.1, 0.15) is 32.9 Å². The van der Waals surface area contributed by atoms with E-state index in [4.69, 9.17) is 52.9 Å². The summed E-state index contributed by atoms with van der Waals surface area (Å²) in [6.45, 7) is 2.60. The van der Waals surface area contributed by atoms with Gasteiger partial charge in [0.2, 0.25) is 0 Å². The van der Waals surface area contributed by atoms with Crippen LogP contribution in [0.25, 0.3) is 0 Å². The number of halogens is 5. The van der Waals surface area contributed by atoms with Crippen molar-refractivity contribution in [3.63, 3.8) is 0 Å². The summed E-state index contributed by atoms with van der Waals surface area (Å²) in [5, 5.41) is 2.71. The van der Waals surface area contributed by atoms with Crippen LogP contribution in [0.5, 0.6) is 23.0 Å². The van der Waals surface area contributed by atoms with E-state index in [1.807, 2.05) is 49.4 Å². The van der Waals surface area contributed by atoms with Crippen LogP contribution >= 0.6 is 39.1 Å². The molecule has 0 fully saturated rings. The molecule has 3 N–H and O–H groups in total. The maximum atomic E-state index is 14.7. The molecule has 12 nitrogen and oxygen atoms in total. The molecule has 2 atom stereocenters. The number of nitrogens with one attached hydrogen (secondary N) is 1. The van der Waals surface area contributed by atoms with Gasteiger partial charge in [-0.2, -0.15) is 8.78 Å². The van der Waals surface area contributed by atoms with Crippen molar-refractivity contribution in [3.8, 4) is 23.0 Å². The van der Waals surface area contributed by atoms with Crippen molar-refractivity contribution in [2.45, 2.75) is 37.3 Å². The third-order valence-corrected chi connectivity index (χ3v) is 11.6. The van der Waals surface area contributed by atoms with E-state index in [1.165, 1.54) is 6.07 Å². The van der Waals surface area contributed by atoms with Crippen molar-refractivity contribution in [2.75, 3.05) is 13.2 Å². The lowest BCUT2D eigenvalue weighted by atomic mass is 9.77. The summed E-state index contributed by atoms with van der Waals surface area (Å²) in [6.07, 6.45) is 3.27. The van der Waals surface area contributed by atoms with Crippen LogP contribution in [-0.2, 0) is 27.0 Å². The van der Waals surface area contributed by atoms with Gasteiger partial charge in [0.15, 0.2) is 11.5 Å². The molecule has 61 heavy (non-hydrogen) atoms. The molecule has 4 aliphatic rings. The van der Waals surface area contributed by atoms with Gasteiger partial charge in [0, 0.05) is 63.4 Å². The minimum absolute atomic E-state index is 0.0127. The van der Waals surface area contributed by atoms with E-state index in [-0.39, 0.29) is 46.4 Å². The largest absolute Gasteiger partial charge is 0.465 e. The van der Waals surface area contributed by atoms with Gasteiger partial charge in [-0.15, -0.1) is 0 Å². The maximum Gasteiger partial charge on any atom is 0.292 e. The summed E-state index contributed by atoms with van der Waals surface area (Å²) in [7, 11) is 0. The first-order chi connectivity index (χ1) is 29.4. The Kier molecular flexibility index (Phi) is 10.6. The van der Waals surface area contributed by atoms with Crippen molar-refractivity contribution in [1.29, 1.82) is 0 Å². The number of fused-ring (bicyclic) bond motifs is 8. The zero-order chi connectivity index (χ0) is 42.5. The van der Waals surface area contributed by atoms with Gasteiger partial charge in [-0.25, -0.2) is 20.0 Å². The highest BCUT2D eigenvalue weighted by Crippen LogP contribution is 2.55. The smallest absolute Gasteiger partial charge is 0.292 e.